The summed E-state index contributed by atoms with van der Waals surface area (Å²) < 4.78 is 5.62. The number of hydrogen-bond donors (Lipinski definition) is 1. The van der Waals surface area contributed by atoms with E-state index >= 15 is 0 Å². The van der Waals surface area contributed by atoms with Gasteiger partial charge in [0.25, 0.3) is 0 Å². The summed E-state index contributed by atoms with van der Waals surface area (Å²) >= 11 is 0. The van der Waals surface area contributed by atoms with Gasteiger partial charge in [-0.15, -0.1) is 0 Å². The second-order valence-corrected chi connectivity index (χ2v) is 5.56. The van der Waals surface area contributed by atoms with Crippen molar-refractivity contribution in [2.45, 2.75) is 39.5 Å². The maximum absolute atomic E-state index is 5.62. The Balaban J connectivity index is 1.91. The van der Waals surface area contributed by atoms with Gasteiger partial charge < -0.3 is 9.73 Å². The number of furan rings is 1. The fourth-order valence-corrected chi connectivity index (χ4v) is 2.17. The van der Waals surface area contributed by atoms with Crippen LogP contribution in [0.2, 0.25) is 0 Å². The molecule has 1 N–H and O–H groups in total. The zero-order valence-electron chi connectivity index (χ0n) is 12.6. The van der Waals surface area contributed by atoms with Gasteiger partial charge >= 0.3 is 0 Å². The first-order valence-electron chi connectivity index (χ1n) is 7.16. The van der Waals surface area contributed by atoms with Crippen LogP contribution in [0.4, 0.5) is 0 Å². The Morgan fingerprint density at radius 2 is 1.85 bits per heavy atom. The van der Waals surface area contributed by atoms with E-state index in [1.54, 1.807) is 6.26 Å². The van der Waals surface area contributed by atoms with Crippen LogP contribution >= 0.6 is 0 Å². The van der Waals surface area contributed by atoms with Gasteiger partial charge in [0.2, 0.25) is 0 Å². The second-order valence-electron chi connectivity index (χ2n) is 5.56. The van der Waals surface area contributed by atoms with E-state index in [1.165, 1.54) is 11.1 Å². The lowest BCUT2D eigenvalue weighted by atomic mass is 10.2. The van der Waals surface area contributed by atoms with E-state index in [0.717, 1.165) is 25.4 Å². The predicted octanol–water partition coefficient (Wildman–Crippen LogP) is 3.41. The molecular weight excluding hydrogens is 248 g/mol. The van der Waals surface area contributed by atoms with Crippen LogP contribution in [0, 0.1) is 0 Å². The quantitative estimate of drug-likeness (QED) is 0.837. The maximum Gasteiger partial charge on any atom is 0.122 e. The molecule has 108 valence electrons. The van der Waals surface area contributed by atoms with Gasteiger partial charge in [-0.3, -0.25) is 4.90 Å². The Morgan fingerprint density at radius 3 is 2.55 bits per heavy atom. The van der Waals surface area contributed by atoms with Gasteiger partial charge in [0, 0.05) is 24.7 Å². The van der Waals surface area contributed by atoms with E-state index in [1.807, 2.05) is 6.07 Å². The first kappa shape index (κ1) is 14.8. The van der Waals surface area contributed by atoms with Gasteiger partial charge in [0.1, 0.15) is 5.76 Å². The summed E-state index contributed by atoms with van der Waals surface area (Å²) in [5.74, 6) is 1.05. The summed E-state index contributed by atoms with van der Waals surface area (Å²) in [6, 6.07) is 13.1. The van der Waals surface area contributed by atoms with Gasteiger partial charge in [-0.2, -0.15) is 0 Å². The molecule has 1 heterocycles. The van der Waals surface area contributed by atoms with Gasteiger partial charge in [-0.1, -0.05) is 44.2 Å². The summed E-state index contributed by atoms with van der Waals surface area (Å²) in [7, 11) is 2.12. The van der Waals surface area contributed by atoms with Crippen LogP contribution in [-0.2, 0) is 19.6 Å². The lowest BCUT2D eigenvalue weighted by molar-refractivity contribution is 0.285. The van der Waals surface area contributed by atoms with Gasteiger partial charge in [0.05, 0.1) is 12.8 Å². The van der Waals surface area contributed by atoms with E-state index in [2.05, 4.69) is 61.4 Å². The Kier molecular flexibility index (Phi) is 5.39. The van der Waals surface area contributed by atoms with E-state index in [9.17, 15) is 0 Å². The third-order valence-electron chi connectivity index (χ3n) is 3.25. The normalized spacial score (nSPS) is 11.4. The molecule has 0 bridgehead atoms. The standard InChI is InChI=1S/C17H24N2O/c1-14(2)18-11-16-9-10-20-17(16)13-19(3)12-15-7-5-4-6-8-15/h4-10,14,18H,11-13H2,1-3H3. The van der Waals surface area contributed by atoms with Crippen LogP contribution in [0.3, 0.4) is 0 Å². The smallest absolute Gasteiger partial charge is 0.122 e. The highest BCUT2D eigenvalue weighted by Gasteiger charge is 2.10. The lowest BCUT2D eigenvalue weighted by Gasteiger charge is -2.16. The number of benzene rings is 1. The molecule has 0 amide bonds. The minimum Gasteiger partial charge on any atom is -0.468 e. The molecule has 3 nitrogen and oxygen atoms in total. The largest absolute Gasteiger partial charge is 0.468 e. The molecule has 1 aromatic heterocycles. The Hall–Kier alpha value is -1.58. The molecule has 0 aliphatic carbocycles. The highest BCUT2D eigenvalue weighted by molar-refractivity contribution is 5.18. The number of nitrogens with one attached hydrogen (secondary N) is 1. The number of hydrogen-bond acceptors (Lipinski definition) is 3. The Morgan fingerprint density at radius 1 is 1.10 bits per heavy atom. The van der Waals surface area contributed by atoms with Crippen LogP contribution in [0.1, 0.15) is 30.7 Å². The zero-order valence-corrected chi connectivity index (χ0v) is 12.6. The van der Waals surface area contributed by atoms with Gasteiger partial charge in [-0.05, 0) is 18.7 Å². The van der Waals surface area contributed by atoms with E-state index in [4.69, 9.17) is 4.42 Å². The molecule has 0 aliphatic heterocycles. The first-order chi connectivity index (χ1) is 9.65. The van der Waals surface area contributed by atoms with Crippen molar-refractivity contribution in [3.8, 4) is 0 Å². The Bertz CT molecular complexity index is 505. The molecule has 1 aromatic carbocycles. The van der Waals surface area contributed by atoms with E-state index < -0.39 is 0 Å². The van der Waals surface area contributed by atoms with Crippen molar-refractivity contribution in [2.75, 3.05) is 7.05 Å². The summed E-state index contributed by atoms with van der Waals surface area (Å²) in [6.45, 7) is 6.93. The van der Waals surface area contributed by atoms with Gasteiger partial charge in [0.15, 0.2) is 0 Å². The van der Waals surface area contributed by atoms with Crippen molar-refractivity contribution >= 4 is 0 Å². The van der Waals surface area contributed by atoms with Crippen LogP contribution in [0.25, 0.3) is 0 Å². The molecule has 0 radical (unpaired) electrons. The topological polar surface area (TPSA) is 28.4 Å². The molecule has 0 spiro atoms. The zero-order chi connectivity index (χ0) is 14.4. The molecule has 2 rings (SSSR count). The molecule has 0 saturated carbocycles. The van der Waals surface area contributed by atoms with Crippen molar-refractivity contribution in [3.63, 3.8) is 0 Å². The van der Waals surface area contributed by atoms with Crippen molar-refractivity contribution in [1.29, 1.82) is 0 Å². The molecule has 2 aromatic rings. The average Bonchev–Trinajstić information content (AvgIpc) is 2.84. The predicted molar refractivity (Wildman–Crippen MR) is 82.3 cm³/mol. The second kappa shape index (κ2) is 7.27. The summed E-state index contributed by atoms with van der Waals surface area (Å²) in [5, 5.41) is 3.43. The third kappa shape index (κ3) is 4.51. The highest BCUT2D eigenvalue weighted by Crippen LogP contribution is 2.14. The van der Waals surface area contributed by atoms with Crippen molar-refractivity contribution in [1.82, 2.24) is 10.2 Å². The SMILES string of the molecule is CC(C)NCc1ccoc1CN(C)Cc1ccccc1. The van der Waals surface area contributed by atoms with Gasteiger partial charge in [-0.25, -0.2) is 0 Å². The summed E-state index contributed by atoms with van der Waals surface area (Å²) in [5.41, 5.74) is 2.57. The monoisotopic (exact) mass is 272 g/mol. The van der Waals surface area contributed by atoms with Crippen molar-refractivity contribution < 1.29 is 4.42 Å². The third-order valence-corrected chi connectivity index (χ3v) is 3.25. The molecular formula is C17H24N2O. The molecule has 3 heteroatoms. The minimum atomic E-state index is 0.486. The molecule has 0 atom stereocenters. The summed E-state index contributed by atoms with van der Waals surface area (Å²) in [6.07, 6.45) is 1.78. The lowest BCUT2D eigenvalue weighted by Crippen LogP contribution is -2.23. The molecule has 0 fully saturated rings. The van der Waals surface area contributed by atoms with Crippen LogP contribution in [0.15, 0.2) is 47.1 Å². The van der Waals surface area contributed by atoms with Crippen LogP contribution in [-0.4, -0.2) is 18.0 Å². The number of nitrogens with zero attached hydrogens (tertiary/aromatic N) is 1. The molecule has 0 aliphatic rings. The fourth-order valence-electron chi connectivity index (χ4n) is 2.17. The van der Waals surface area contributed by atoms with E-state index in [0.29, 0.717) is 6.04 Å². The average molecular weight is 272 g/mol. The van der Waals surface area contributed by atoms with Crippen LogP contribution < -0.4 is 5.32 Å². The Labute approximate surface area is 121 Å². The minimum absolute atomic E-state index is 0.486. The fraction of sp³-hybridized carbons (Fsp3) is 0.412. The maximum atomic E-state index is 5.62. The first-order valence-corrected chi connectivity index (χ1v) is 7.16. The van der Waals surface area contributed by atoms with Crippen LogP contribution in [0.5, 0.6) is 0 Å². The highest BCUT2D eigenvalue weighted by atomic mass is 16.3. The van der Waals surface area contributed by atoms with Crippen molar-refractivity contribution in [3.05, 3.63) is 59.5 Å². The van der Waals surface area contributed by atoms with E-state index in [-0.39, 0.29) is 0 Å². The molecule has 0 saturated heterocycles. The summed E-state index contributed by atoms with van der Waals surface area (Å²) in [4.78, 5) is 2.27. The van der Waals surface area contributed by atoms with Crippen molar-refractivity contribution in [2.24, 2.45) is 0 Å². The molecule has 20 heavy (non-hydrogen) atoms. The molecule has 0 unspecified atom stereocenters. The number of rotatable bonds is 7.